The zero-order valence-electron chi connectivity index (χ0n) is 8.67. The normalized spacial score (nSPS) is 12.9. The Morgan fingerprint density at radius 3 is 2.56 bits per heavy atom. The van der Waals surface area contributed by atoms with E-state index in [1.807, 2.05) is 6.07 Å². The first-order valence-corrected chi connectivity index (χ1v) is 4.75. The van der Waals surface area contributed by atoms with Gasteiger partial charge in [-0.05, 0) is 19.1 Å². The topological polar surface area (TPSA) is 35.8 Å². The fraction of sp³-hybridized carbons (Fsp3) is 0.364. The molecule has 16 heavy (non-hydrogen) atoms. The molecule has 86 valence electrons. The number of hydrogen-bond donors (Lipinski definition) is 1. The Labute approximate surface area is 91.7 Å². The zero-order valence-corrected chi connectivity index (χ0v) is 8.67. The number of nitrogens with one attached hydrogen (secondary N) is 1. The van der Waals surface area contributed by atoms with Crippen molar-refractivity contribution in [3.8, 4) is 6.07 Å². The van der Waals surface area contributed by atoms with Gasteiger partial charge in [0.1, 0.15) is 0 Å². The van der Waals surface area contributed by atoms with Gasteiger partial charge in [0.25, 0.3) is 0 Å². The van der Waals surface area contributed by atoms with E-state index in [1.165, 1.54) is 18.2 Å². The molecule has 0 spiro atoms. The molecule has 0 saturated heterocycles. The number of benzene rings is 1. The van der Waals surface area contributed by atoms with Gasteiger partial charge in [0.15, 0.2) is 0 Å². The first kappa shape index (κ1) is 12.4. The average molecular weight is 228 g/mol. The summed E-state index contributed by atoms with van der Waals surface area (Å²) in [6.07, 6.45) is -4.38. The molecular formula is C11H11F3N2. The van der Waals surface area contributed by atoms with Crippen molar-refractivity contribution >= 4 is 5.69 Å². The molecule has 0 aromatic heterocycles. The van der Waals surface area contributed by atoms with Crippen molar-refractivity contribution in [3.63, 3.8) is 0 Å². The fourth-order valence-electron chi connectivity index (χ4n) is 1.19. The number of rotatable bonds is 3. The monoisotopic (exact) mass is 228 g/mol. The van der Waals surface area contributed by atoms with Gasteiger partial charge in [-0.2, -0.15) is 18.4 Å². The highest BCUT2D eigenvalue weighted by atomic mass is 19.4. The summed E-state index contributed by atoms with van der Waals surface area (Å²) >= 11 is 0. The van der Waals surface area contributed by atoms with Crippen LogP contribution in [0.1, 0.15) is 12.5 Å². The van der Waals surface area contributed by atoms with E-state index in [1.54, 1.807) is 6.92 Å². The first-order valence-electron chi connectivity index (χ1n) is 4.75. The second-order valence-electron chi connectivity index (χ2n) is 3.45. The molecule has 1 atom stereocenters. The maximum atomic E-state index is 12.5. The number of nitrogens with zero attached hydrogens (tertiary/aromatic N) is 1. The van der Waals surface area contributed by atoms with Gasteiger partial charge >= 0.3 is 6.18 Å². The van der Waals surface area contributed by atoms with Crippen molar-refractivity contribution in [2.45, 2.75) is 13.1 Å². The van der Waals surface area contributed by atoms with Gasteiger partial charge in [0.2, 0.25) is 0 Å². The van der Waals surface area contributed by atoms with Crippen molar-refractivity contribution in [2.75, 3.05) is 11.9 Å². The summed E-state index contributed by atoms with van der Waals surface area (Å²) in [5.74, 6) is -0.332. The minimum absolute atomic E-state index is 0.0112. The summed E-state index contributed by atoms with van der Waals surface area (Å²) in [6.45, 7) is 1.84. The molecule has 5 heteroatoms. The van der Waals surface area contributed by atoms with Gasteiger partial charge < -0.3 is 5.32 Å². The molecule has 0 heterocycles. The van der Waals surface area contributed by atoms with Crippen LogP contribution in [0.3, 0.4) is 0 Å². The van der Waals surface area contributed by atoms with Crippen LogP contribution in [0.25, 0.3) is 0 Å². The summed E-state index contributed by atoms with van der Waals surface area (Å²) in [6, 6.07) is 7.17. The Hall–Kier alpha value is -1.70. The largest absolute Gasteiger partial charge is 0.418 e. The van der Waals surface area contributed by atoms with Crippen molar-refractivity contribution in [1.82, 2.24) is 0 Å². The second-order valence-corrected chi connectivity index (χ2v) is 3.45. The third kappa shape index (κ3) is 3.16. The van der Waals surface area contributed by atoms with Crippen molar-refractivity contribution in [3.05, 3.63) is 29.8 Å². The van der Waals surface area contributed by atoms with E-state index in [0.717, 1.165) is 6.07 Å². The standard InChI is InChI=1S/C11H11F3N2/c1-8(6-15)7-16-10-5-3-2-4-9(10)11(12,13)14/h2-5,8,16H,7H2,1H3. The lowest BCUT2D eigenvalue weighted by Crippen LogP contribution is -2.14. The van der Waals surface area contributed by atoms with Crippen LogP contribution in [0.2, 0.25) is 0 Å². The van der Waals surface area contributed by atoms with E-state index < -0.39 is 11.7 Å². The SMILES string of the molecule is CC(C#N)CNc1ccccc1C(F)(F)F. The van der Waals surface area contributed by atoms with Crippen molar-refractivity contribution in [2.24, 2.45) is 5.92 Å². The molecule has 0 amide bonds. The predicted molar refractivity (Wildman–Crippen MR) is 54.7 cm³/mol. The van der Waals surface area contributed by atoms with Crippen LogP contribution in [0.5, 0.6) is 0 Å². The number of hydrogen-bond acceptors (Lipinski definition) is 2. The minimum Gasteiger partial charge on any atom is -0.383 e. The molecule has 2 nitrogen and oxygen atoms in total. The number of para-hydroxylation sites is 1. The predicted octanol–water partition coefficient (Wildman–Crippen LogP) is 3.28. The molecule has 1 aromatic rings. The molecule has 0 aliphatic carbocycles. The lowest BCUT2D eigenvalue weighted by molar-refractivity contribution is -0.136. The summed E-state index contributed by atoms with van der Waals surface area (Å²) in [7, 11) is 0. The minimum atomic E-state index is -4.38. The molecular weight excluding hydrogens is 217 g/mol. The highest BCUT2D eigenvalue weighted by Crippen LogP contribution is 2.34. The van der Waals surface area contributed by atoms with Crippen LogP contribution in [-0.4, -0.2) is 6.54 Å². The van der Waals surface area contributed by atoms with Crippen LogP contribution in [0.4, 0.5) is 18.9 Å². The molecule has 1 aromatic carbocycles. The van der Waals surface area contributed by atoms with Crippen LogP contribution >= 0.6 is 0 Å². The summed E-state index contributed by atoms with van der Waals surface area (Å²) < 4.78 is 37.6. The maximum Gasteiger partial charge on any atom is 0.418 e. The quantitative estimate of drug-likeness (QED) is 0.861. The Kier molecular flexibility index (Phi) is 3.78. The Bertz CT molecular complexity index is 393. The molecule has 0 aliphatic heterocycles. The van der Waals surface area contributed by atoms with Crippen LogP contribution in [0, 0.1) is 17.2 Å². The lowest BCUT2D eigenvalue weighted by atomic mass is 10.1. The third-order valence-corrected chi connectivity index (χ3v) is 2.05. The smallest absolute Gasteiger partial charge is 0.383 e. The Morgan fingerprint density at radius 2 is 2.00 bits per heavy atom. The molecule has 0 saturated carbocycles. The molecule has 0 aliphatic rings. The first-order chi connectivity index (χ1) is 7.45. The van der Waals surface area contributed by atoms with E-state index in [4.69, 9.17) is 5.26 Å². The van der Waals surface area contributed by atoms with Crippen LogP contribution in [0.15, 0.2) is 24.3 Å². The van der Waals surface area contributed by atoms with Gasteiger partial charge in [0, 0.05) is 12.2 Å². The van der Waals surface area contributed by atoms with E-state index in [-0.39, 0.29) is 18.2 Å². The number of nitriles is 1. The van der Waals surface area contributed by atoms with Crippen LogP contribution in [-0.2, 0) is 6.18 Å². The average Bonchev–Trinajstić information content (AvgIpc) is 2.25. The fourth-order valence-corrected chi connectivity index (χ4v) is 1.19. The number of halogens is 3. The molecule has 0 fully saturated rings. The summed E-state index contributed by atoms with van der Waals surface area (Å²) in [5, 5.41) is 11.2. The molecule has 1 N–H and O–H groups in total. The second kappa shape index (κ2) is 4.88. The third-order valence-electron chi connectivity index (χ3n) is 2.05. The molecule has 1 rings (SSSR count). The van der Waals surface area contributed by atoms with Crippen LogP contribution < -0.4 is 5.32 Å². The highest BCUT2D eigenvalue weighted by Gasteiger charge is 2.33. The van der Waals surface area contributed by atoms with Gasteiger partial charge in [-0.3, -0.25) is 0 Å². The maximum absolute atomic E-state index is 12.5. The highest BCUT2D eigenvalue weighted by molar-refractivity contribution is 5.52. The number of alkyl halides is 3. The molecule has 0 radical (unpaired) electrons. The van der Waals surface area contributed by atoms with Crippen molar-refractivity contribution < 1.29 is 13.2 Å². The van der Waals surface area contributed by atoms with E-state index in [2.05, 4.69) is 5.32 Å². The zero-order chi connectivity index (χ0) is 12.2. The van der Waals surface area contributed by atoms with E-state index in [0.29, 0.717) is 0 Å². The van der Waals surface area contributed by atoms with E-state index in [9.17, 15) is 13.2 Å². The van der Waals surface area contributed by atoms with Gasteiger partial charge in [0.05, 0.1) is 17.6 Å². The van der Waals surface area contributed by atoms with Gasteiger partial charge in [-0.25, -0.2) is 0 Å². The lowest BCUT2D eigenvalue weighted by Gasteiger charge is -2.14. The molecule has 1 unspecified atom stereocenters. The van der Waals surface area contributed by atoms with Crippen molar-refractivity contribution in [1.29, 1.82) is 5.26 Å². The van der Waals surface area contributed by atoms with Gasteiger partial charge in [-0.1, -0.05) is 12.1 Å². The Morgan fingerprint density at radius 1 is 1.38 bits per heavy atom. The summed E-state index contributed by atoms with van der Waals surface area (Å²) in [5.41, 5.74) is -0.697. The van der Waals surface area contributed by atoms with E-state index >= 15 is 0 Å². The molecule has 0 bridgehead atoms. The Balaban J connectivity index is 2.85. The van der Waals surface area contributed by atoms with Gasteiger partial charge in [-0.15, -0.1) is 0 Å². The summed E-state index contributed by atoms with van der Waals surface area (Å²) in [4.78, 5) is 0. The number of anilines is 1.